The molecule has 0 bridgehead atoms. The van der Waals surface area contributed by atoms with Gasteiger partial charge in [-0.05, 0) is 35.7 Å². The molecule has 1 heterocycles. The van der Waals surface area contributed by atoms with E-state index in [1.165, 1.54) is 24.3 Å². The number of halogens is 3. The maximum atomic E-state index is 12.5. The molecule has 0 spiro atoms. The summed E-state index contributed by atoms with van der Waals surface area (Å²) in [5, 5.41) is 17.0. The van der Waals surface area contributed by atoms with Gasteiger partial charge in [0.1, 0.15) is 0 Å². The Morgan fingerprint density at radius 3 is 2.08 bits per heavy atom. The van der Waals surface area contributed by atoms with Gasteiger partial charge >= 0.3 is 18.1 Å². The van der Waals surface area contributed by atoms with Gasteiger partial charge in [-0.25, -0.2) is 9.59 Å². The van der Waals surface area contributed by atoms with E-state index in [1.54, 1.807) is 18.2 Å². The minimum absolute atomic E-state index is 0.0186. The Balaban J connectivity index is 0.000000190. The molecule has 0 aliphatic carbocycles. The first kappa shape index (κ1) is 19.5. The summed E-state index contributed by atoms with van der Waals surface area (Å²) in [5.41, 5.74) is 0.956. The average Bonchev–Trinajstić information content (AvgIpc) is 2.61. The molecule has 1 unspecified atom stereocenters. The van der Waals surface area contributed by atoms with Gasteiger partial charge < -0.3 is 14.9 Å². The molecule has 0 saturated carbocycles. The molecule has 26 heavy (non-hydrogen) atoms. The van der Waals surface area contributed by atoms with Gasteiger partial charge in [-0.2, -0.15) is 13.2 Å². The van der Waals surface area contributed by atoms with Gasteiger partial charge in [-0.3, -0.25) is 0 Å². The summed E-state index contributed by atoms with van der Waals surface area (Å²) in [6.07, 6.45) is -5.49. The van der Waals surface area contributed by atoms with E-state index in [1.807, 2.05) is 0 Å². The molecule has 0 amide bonds. The second-order valence-electron chi connectivity index (χ2n) is 5.43. The lowest BCUT2D eigenvalue weighted by Crippen LogP contribution is -2.28. The van der Waals surface area contributed by atoms with Crippen LogP contribution < -0.4 is 0 Å². The Morgan fingerprint density at radius 2 is 1.54 bits per heavy atom. The number of hydrogen-bond acceptors (Lipinski definition) is 3. The molecule has 2 N–H and O–H groups in total. The maximum absolute atomic E-state index is 12.5. The summed E-state index contributed by atoms with van der Waals surface area (Å²) in [6, 6.07) is 11.7. The topological polar surface area (TPSA) is 83.8 Å². The SMILES string of the molecule is FC(F)(F)C1OCCc2ccccc21.O=C(O)c1cccc(C(=O)O)c1. The first-order valence-electron chi connectivity index (χ1n) is 7.53. The van der Waals surface area contributed by atoms with Crippen LogP contribution in [0.1, 0.15) is 37.9 Å². The van der Waals surface area contributed by atoms with E-state index in [4.69, 9.17) is 14.9 Å². The molecule has 0 fully saturated rings. The van der Waals surface area contributed by atoms with Crippen molar-refractivity contribution in [3.8, 4) is 0 Å². The molecule has 1 atom stereocenters. The molecule has 1 aliphatic rings. The largest absolute Gasteiger partial charge is 0.478 e. The van der Waals surface area contributed by atoms with Crippen LogP contribution in [0.2, 0.25) is 0 Å². The molecule has 138 valence electrons. The quantitative estimate of drug-likeness (QED) is 0.839. The zero-order valence-electron chi connectivity index (χ0n) is 13.4. The van der Waals surface area contributed by atoms with E-state index in [0.717, 1.165) is 11.6 Å². The van der Waals surface area contributed by atoms with Gasteiger partial charge in [-0.15, -0.1) is 0 Å². The third kappa shape index (κ3) is 4.82. The van der Waals surface area contributed by atoms with Crippen LogP contribution in [-0.4, -0.2) is 34.9 Å². The number of carboxylic acid groups (broad SMARTS) is 2. The highest BCUT2D eigenvalue weighted by atomic mass is 19.4. The molecule has 0 aromatic heterocycles. The Kier molecular flexibility index (Phi) is 5.99. The molecule has 2 aromatic carbocycles. The van der Waals surface area contributed by atoms with E-state index in [9.17, 15) is 22.8 Å². The molecule has 2 aromatic rings. The van der Waals surface area contributed by atoms with Crippen molar-refractivity contribution in [2.45, 2.75) is 18.7 Å². The average molecular weight is 368 g/mol. The number of aromatic carboxylic acids is 2. The monoisotopic (exact) mass is 368 g/mol. The van der Waals surface area contributed by atoms with Crippen molar-refractivity contribution >= 4 is 11.9 Å². The molecule has 0 radical (unpaired) electrons. The molecule has 5 nitrogen and oxygen atoms in total. The number of carbonyl (C=O) groups is 2. The van der Waals surface area contributed by atoms with Crippen LogP contribution in [0.25, 0.3) is 0 Å². The molecule has 0 saturated heterocycles. The fourth-order valence-corrected chi connectivity index (χ4v) is 2.45. The Morgan fingerprint density at radius 1 is 0.962 bits per heavy atom. The second-order valence-corrected chi connectivity index (χ2v) is 5.43. The zero-order chi connectivity index (χ0) is 19.3. The summed E-state index contributed by atoms with van der Waals surface area (Å²) in [6.45, 7) is 0.140. The van der Waals surface area contributed by atoms with Gasteiger partial charge in [0.05, 0.1) is 17.7 Å². The number of benzene rings is 2. The molecule has 8 heteroatoms. The molecule has 1 aliphatic heterocycles. The molecular weight excluding hydrogens is 353 g/mol. The molecular formula is C18H15F3O5. The number of ether oxygens (including phenoxy) is 1. The summed E-state index contributed by atoms with van der Waals surface area (Å²) in [5.74, 6) is -2.25. The Bertz CT molecular complexity index is 772. The van der Waals surface area contributed by atoms with E-state index in [2.05, 4.69) is 0 Å². The van der Waals surface area contributed by atoms with Gasteiger partial charge in [0.15, 0.2) is 6.10 Å². The van der Waals surface area contributed by atoms with Crippen LogP contribution in [0.3, 0.4) is 0 Å². The maximum Gasteiger partial charge on any atom is 0.418 e. The first-order valence-corrected chi connectivity index (χ1v) is 7.53. The highest BCUT2D eigenvalue weighted by molar-refractivity contribution is 5.93. The number of alkyl halides is 3. The van der Waals surface area contributed by atoms with Crippen LogP contribution in [0.15, 0.2) is 48.5 Å². The van der Waals surface area contributed by atoms with Crippen molar-refractivity contribution in [1.29, 1.82) is 0 Å². The van der Waals surface area contributed by atoms with Crippen LogP contribution >= 0.6 is 0 Å². The van der Waals surface area contributed by atoms with Gasteiger partial charge in [-0.1, -0.05) is 30.3 Å². The Labute approximate surface area is 146 Å². The Hall–Kier alpha value is -2.87. The first-order chi connectivity index (χ1) is 12.2. The number of carboxylic acids is 2. The minimum atomic E-state index is -4.31. The van der Waals surface area contributed by atoms with E-state index in [0.29, 0.717) is 6.42 Å². The van der Waals surface area contributed by atoms with Crippen LogP contribution in [-0.2, 0) is 11.2 Å². The van der Waals surface area contributed by atoms with Crippen molar-refractivity contribution in [3.63, 3.8) is 0 Å². The fraction of sp³-hybridized carbons (Fsp3) is 0.222. The molecule has 3 rings (SSSR count). The van der Waals surface area contributed by atoms with Crippen LogP contribution in [0.4, 0.5) is 13.2 Å². The number of rotatable bonds is 2. The van der Waals surface area contributed by atoms with Gasteiger partial charge in [0.25, 0.3) is 0 Å². The third-order valence-electron chi connectivity index (χ3n) is 3.65. The van der Waals surface area contributed by atoms with Crippen molar-refractivity contribution in [2.24, 2.45) is 0 Å². The highest BCUT2D eigenvalue weighted by Gasteiger charge is 2.44. The summed E-state index contributed by atoms with van der Waals surface area (Å²) >= 11 is 0. The van der Waals surface area contributed by atoms with Gasteiger partial charge in [0, 0.05) is 0 Å². The van der Waals surface area contributed by atoms with Crippen molar-refractivity contribution in [1.82, 2.24) is 0 Å². The van der Waals surface area contributed by atoms with Crippen molar-refractivity contribution in [3.05, 3.63) is 70.8 Å². The highest BCUT2D eigenvalue weighted by Crippen LogP contribution is 2.39. The number of hydrogen-bond donors (Lipinski definition) is 2. The van der Waals surface area contributed by atoms with Crippen LogP contribution in [0, 0.1) is 0 Å². The van der Waals surface area contributed by atoms with Crippen molar-refractivity contribution < 1.29 is 37.7 Å². The van der Waals surface area contributed by atoms with E-state index in [-0.39, 0.29) is 23.3 Å². The second kappa shape index (κ2) is 8.01. The third-order valence-corrected chi connectivity index (χ3v) is 3.65. The summed E-state index contributed by atoms with van der Waals surface area (Å²) < 4.78 is 42.2. The summed E-state index contributed by atoms with van der Waals surface area (Å²) in [4.78, 5) is 20.8. The van der Waals surface area contributed by atoms with Crippen molar-refractivity contribution in [2.75, 3.05) is 6.61 Å². The standard InChI is InChI=1S/C10H9F3O.C8H6O4/c11-10(12,13)9-8-4-2-1-3-7(8)5-6-14-9;9-7(10)5-2-1-3-6(4-5)8(11)12/h1-4,9H,5-6H2;1-4H,(H,9,10)(H,11,12). The normalized spacial score (nSPS) is 16.0. The predicted molar refractivity (Wildman–Crippen MR) is 85.3 cm³/mol. The van der Waals surface area contributed by atoms with Crippen LogP contribution in [0.5, 0.6) is 0 Å². The predicted octanol–water partition coefficient (Wildman–Crippen LogP) is 3.95. The number of fused-ring (bicyclic) bond motifs is 1. The van der Waals surface area contributed by atoms with Gasteiger partial charge in [0.2, 0.25) is 0 Å². The fourth-order valence-electron chi connectivity index (χ4n) is 2.45. The summed E-state index contributed by atoms with van der Waals surface area (Å²) in [7, 11) is 0. The lowest BCUT2D eigenvalue weighted by Gasteiger charge is -2.27. The van der Waals surface area contributed by atoms with E-state index >= 15 is 0 Å². The zero-order valence-corrected chi connectivity index (χ0v) is 13.4. The minimum Gasteiger partial charge on any atom is -0.478 e. The lowest BCUT2D eigenvalue weighted by atomic mass is 9.97. The van der Waals surface area contributed by atoms with E-state index < -0.39 is 24.2 Å². The lowest BCUT2D eigenvalue weighted by molar-refractivity contribution is -0.227. The smallest absolute Gasteiger partial charge is 0.418 e.